The summed E-state index contributed by atoms with van der Waals surface area (Å²) in [4.78, 5) is 35.8. The number of aromatic amines is 1. The maximum absolute atomic E-state index is 13.5. The number of aromatic nitrogens is 4. The predicted octanol–water partition coefficient (Wildman–Crippen LogP) is 2.40. The van der Waals surface area contributed by atoms with E-state index in [0.29, 0.717) is 13.0 Å². The Kier molecular flexibility index (Phi) is 4.86. The molecule has 0 saturated carbocycles. The number of H-pyrrole nitrogens is 1. The van der Waals surface area contributed by atoms with Gasteiger partial charge in [-0.05, 0) is 42.3 Å². The van der Waals surface area contributed by atoms with Crippen LogP contribution in [-0.4, -0.2) is 26.1 Å². The number of halogens is 2. The van der Waals surface area contributed by atoms with Crippen molar-refractivity contribution in [3.8, 4) is 5.69 Å². The normalized spacial score (nSPS) is 11.0. The first-order valence-corrected chi connectivity index (χ1v) is 8.77. The van der Waals surface area contributed by atoms with Crippen LogP contribution in [-0.2, 0) is 6.42 Å². The molecule has 0 bridgehead atoms. The van der Waals surface area contributed by atoms with Crippen LogP contribution in [0.15, 0.2) is 64.3 Å². The number of hydrogen-bond donors (Lipinski definition) is 2. The zero-order chi connectivity index (χ0) is 20.4. The van der Waals surface area contributed by atoms with Crippen molar-refractivity contribution in [3.63, 3.8) is 0 Å². The van der Waals surface area contributed by atoms with Gasteiger partial charge in [0.2, 0.25) is 5.95 Å². The molecule has 4 aromatic rings. The molecule has 2 aromatic carbocycles. The van der Waals surface area contributed by atoms with E-state index in [1.54, 1.807) is 12.1 Å². The Hall–Kier alpha value is -3.88. The summed E-state index contributed by atoms with van der Waals surface area (Å²) < 4.78 is 27.5. The number of fused-ring (bicyclic) bond motifs is 1. The fourth-order valence-corrected chi connectivity index (χ4v) is 2.95. The highest BCUT2D eigenvalue weighted by Crippen LogP contribution is 2.09. The van der Waals surface area contributed by atoms with Crippen LogP contribution in [0, 0.1) is 11.6 Å². The van der Waals surface area contributed by atoms with Crippen LogP contribution in [0.4, 0.5) is 14.7 Å². The maximum atomic E-state index is 13.5. The average Bonchev–Trinajstić information content (AvgIpc) is 2.68. The van der Waals surface area contributed by atoms with E-state index in [1.807, 2.05) is 0 Å². The molecular weight excluding hydrogens is 380 g/mol. The smallest absolute Gasteiger partial charge is 0.334 e. The first kappa shape index (κ1) is 18.5. The fraction of sp³-hybridized carbons (Fsp3) is 0.100. The first-order chi connectivity index (χ1) is 14.0. The predicted molar refractivity (Wildman–Crippen MR) is 104 cm³/mol. The van der Waals surface area contributed by atoms with Crippen LogP contribution < -0.4 is 16.6 Å². The van der Waals surface area contributed by atoms with Gasteiger partial charge >= 0.3 is 5.69 Å². The Morgan fingerprint density at radius 1 is 1.03 bits per heavy atom. The summed E-state index contributed by atoms with van der Waals surface area (Å²) >= 11 is 0. The SMILES string of the molecule is O=c1[nH]c2nc(NCCc3cccc(F)c3)ncc2c(=O)n1-c1cccc(F)c1. The number of rotatable bonds is 5. The molecule has 2 aromatic heterocycles. The molecule has 0 unspecified atom stereocenters. The van der Waals surface area contributed by atoms with Gasteiger partial charge in [-0.2, -0.15) is 4.98 Å². The van der Waals surface area contributed by atoms with Gasteiger partial charge in [0.05, 0.1) is 5.69 Å². The molecule has 0 atom stereocenters. The van der Waals surface area contributed by atoms with E-state index in [-0.39, 0.29) is 28.5 Å². The fourth-order valence-electron chi connectivity index (χ4n) is 2.95. The molecule has 0 fully saturated rings. The number of benzene rings is 2. The number of anilines is 1. The highest BCUT2D eigenvalue weighted by atomic mass is 19.1. The molecule has 4 rings (SSSR count). The molecule has 29 heavy (non-hydrogen) atoms. The maximum Gasteiger partial charge on any atom is 0.334 e. The zero-order valence-corrected chi connectivity index (χ0v) is 15.0. The minimum atomic E-state index is -0.738. The van der Waals surface area contributed by atoms with E-state index < -0.39 is 17.1 Å². The van der Waals surface area contributed by atoms with E-state index in [4.69, 9.17) is 0 Å². The highest BCUT2D eigenvalue weighted by molar-refractivity contribution is 5.73. The molecule has 0 aliphatic heterocycles. The summed E-state index contributed by atoms with van der Waals surface area (Å²) in [6.45, 7) is 0.430. The molecule has 7 nitrogen and oxygen atoms in total. The van der Waals surface area contributed by atoms with Crippen LogP contribution >= 0.6 is 0 Å². The van der Waals surface area contributed by atoms with Crippen molar-refractivity contribution in [2.24, 2.45) is 0 Å². The van der Waals surface area contributed by atoms with Crippen molar-refractivity contribution < 1.29 is 8.78 Å². The van der Waals surface area contributed by atoms with Gasteiger partial charge in [0.25, 0.3) is 5.56 Å². The molecule has 9 heteroatoms. The quantitative estimate of drug-likeness (QED) is 0.541. The topological polar surface area (TPSA) is 92.7 Å². The number of hydrogen-bond acceptors (Lipinski definition) is 5. The molecule has 0 aliphatic carbocycles. The van der Waals surface area contributed by atoms with Gasteiger partial charge in [0.15, 0.2) is 5.65 Å². The summed E-state index contributed by atoms with van der Waals surface area (Å²) in [6, 6.07) is 11.4. The molecule has 0 amide bonds. The summed E-state index contributed by atoms with van der Waals surface area (Å²) in [7, 11) is 0. The van der Waals surface area contributed by atoms with Gasteiger partial charge < -0.3 is 5.32 Å². The summed E-state index contributed by atoms with van der Waals surface area (Å²) in [5.74, 6) is -0.660. The number of nitrogens with one attached hydrogen (secondary N) is 2. The van der Waals surface area contributed by atoms with Gasteiger partial charge in [-0.15, -0.1) is 0 Å². The van der Waals surface area contributed by atoms with Gasteiger partial charge in [-0.25, -0.2) is 23.1 Å². The van der Waals surface area contributed by atoms with Gasteiger partial charge in [-0.3, -0.25) is 9.78 Å². The lowest BCUT2D eigenvalue weighted by Crippen LogP contribution is -2.34. The van der Waals surface area contributed by atoms with Crippen LogP contribution in [0.3, 0.4) is 0 Å². The second-order valence-electron chi connectivity index (χ2n) is 6.31. The van der Waals surface area contributed by atoms with E-state index >= 15 is 0 Å². The second-order valence-corrected chi connectivity index (χ2v) is 6.31. The summed E-state index contributed by atoms with van der Waals surface area (Å²) in [5, 5.41) is 3.06. The molecular formula is C20H15F2N5O2. The minimum absolute atomic E-state index is 0.0657. The lowest BCUT2D eigenvalue weighted by Gasteiger charge is -2.08. The lowest BCUT2D eigenvalue weighted by atomic mass is 10.1. The minimum Gasteiger partial charge on any atom is -0.354 e. The Morgan fingerprint density at radius 2 is 1.79 bits per heavy atom. The third-order valence-electron chi connectivity index (χ3n) is 4.30. The van der Waals surface area contributed by atoms with Crippen LogP contribution in [0.5, 0.6) is 0 Å². The largest absolute Gasteiger partial charge is 0.354 e. The Labute approximate surface area is 162 Å². The van der Waals surface area contributed by atoms with Crippen molar-refractivity contribution in [3.05, 3.63) is 92.8 Å². The zero-order valence-electron chi connectivity index (χ0n) is 15.0. The highest BCUT2D eigenvalue weighted by Gasteiger charge is 2.12. The third-order valence-corrected chi connectivity index (χ3v) is 4.30. The van der Waals surface area contributed by atoms with Gasteiger partial charge in [0, 0.05) is 12.7 Å². The van der Waals surface area contributed by atoms with Crippen LogP contribution in [0.1, 0.15) is 5.56 Å². The van der Waals surface area contributed by atoms with Crippen molar-refractivity contribution in [2.75, 3.05) is 11.9 Å². The van der Waals surface area contributed by atoms with Crippen LogP contribution in [0.25, 0.3) is 16.7 Å². The van der Waals surface area contributed by atoms with Gasteiger partial charge in [-0.1, -0.05) is 18.2 Å². The van der Waals surface area contributed by atoms with Gasteiger partial charge in [0.1, 0.15) is 17.0 Å². The van der Waals surface area contributed by atoms with E-state index in [9.17, 15) is 18.4 Å². The third kappa shape index (κ3) is 3.88. The van der Waals surface area contributed by atoms with Crippen molar-refractivity contribution in [2.45, 2.75) is 6.42 Å². The molecule has 0 aliphatic rings. The Balaban J connectivity index is 1.61. The number of nitrogens with zero attached hydrogens (tertiary/aromatic N) is 3. The molecule has 0 spiro atoms. The average molecular weight is 395 g/mol. The monoisotopic (exact) mass is 395 g/mol. The molecule has 0 radical (unpaired) electrons. The van der Waals surface area contributed by atoms with Crippen LogP contribution in [0.2, 0.25) is 0 Å². The van der Waals surface area contributed by atoms with E-state index in [0.717, 1.165) is 16.2 Å². The Bertz CT molecular complexity index is 1320. The summed E-state index contributed by atoms with van der Waals surface area (Å²) in [5.41, 5.74) is -0.408. The second kappa shape index (κ2) is 7.63. The molecule has 2 N–H and O–H groups in total. The molecule has 146 valence electrons. The molecule has 2 heterocycles. The van der Waals surface area contributed by atoms with Crippen molar-refractivity contribution in [1.29, 1.82) is 0 Å². The lowest BCUT2D eigenvalue weighted by molar-refractivity contribution is 0.625. The van der Waals surface area contributed by atoms with E-state index in [2.05, 4.69) is 20.3 Å². The molecule has 0 saturated heterocycles. The first-order valence-electron chi connectivity index (χ1n) is 8.77. The van der Waals surface area contributed by atoms with E-state index in [1.165, 1.54) is 36.5 Å². The standard InChI is InChI=1S/C20H15F2N5O2/c21-13-4-1-3-12(9-13)7-8-23-19-24-11-16-17(25-19)26-20(29)27(18(16)28)15-6-2-5-14(22)10-15/h1-6,9-11H,7-8H2,(H2,23,24,25,26,29). The Morgan fingerprint density at radius 3 is 2.55 bits per heavy atom. The summed E-state index contributed by atoms with van der Waals surface area (Å²) in [6.07, 6.45) is 1.83. The van der Waals surface area contributed by atoms with Crippen molar-refractivity contribution >= 4 is 17.0 Å². The van der Waals surface area contributed by atoms with Crippen molar-refractivity contribution in [1.82, 2.24) is 19.5 Å².